The summed E-state index contributed by atoms with van der Waals surface area (Å²) >= 11 is 0.760. The Kier molecular flexibility index (Phi) is 5.16. The number of aromatic nitrogens is 1. The molecule has 0 fully saturated rings. The average Bonchev–Trinajstić information content (AvgIpc) is 2.84. The second kappa shape index (κ2) is 6.69. The molecule has 2 aromatic rings. The molecular formula is C13H13FN2O6S3. The van der Waals surface area contributed by atoms with E-state index in [0.717, 1.165) is 29.7 Å². The first-order valence-electron chi connectivity index (χ1n) is 6.54. The molecule has 12 heteroatoms. The molecule has 0 radical (unpaired) electrons. The lowest BCUT2D eigenvalue weighted by atomic mass is 10.3. The van der Waals surface area contributed by atoms with Gasteiger partial charge in [0.1, 0.15) is 15.6 Å². The third kappa shape index (κ3) is 4.14. The monoisotopic (exact) mass is 408 g/mol. The number of rotatable bonds is 5. The fourth-order valence-corrected chi connectivity index (χ4v) is 4.70. The molecule has 0 saturated heterocycles. The molecule has 0 aliphatic carbocycles. The minimum absolute atomic E-state index is 0.106. The van der Waals surface area contributed by atoms with Crippen LogP contribution in [0.25, 0.3) is 0 Å². The highest BCUT2D eigenvalue weighted by Gasteiger charge is 2.23. The Labute approximate surface area is 147 Å². The number of thiazole rings is 1. The van der Waals surface area contributed by atoms with Crippen LogP contribution in [-0.2, 0) is 24.6 Å². The molecule has 1 aromatic carbocycles. The number of methoxy groups -OCH3 is 1. The lowest BCUT2D eigenvalue weighted by Crippen LogP contribution is -2.14. The van der Waals surface area contributed by atoms with Gasteiger partial charge in [0.15, 0.2) is 15.0 Å². The van der Waals surface area contributed by atoms with Crippen LogP contribution in [-0.4, -0.2) is 41.2 Å². The number of nitrogens with zero attached hydrogens (tertiary/aromatic N) is 1. The highest BCUT2D eigenvalue weighted by atomic mass is 32.2. The zero-order chi connectivity index (χ0) is 19.0. The van der Waals surface area contributed by atoms with E-state index in [9.17, 15) is 26.0 Å². The standard InChI is InChI=1S/C13H13FN2O6S3/c1-7-11(12(17)22-2)23-13(15-7)16-25(20,21)8-4-5-10(9(14)6-8)24(3,18)19/h4-6H,1-3H3,(H,15,16). The van der Waals surface area contributed by atoms with Gasteiger partial charge < -0.3 is 4.74 Å². The molecule has 0 atom stereocenters. The first kappa shape index (κ1) is 19.3. The predicted molar refractivity (Wildman–Crippen MR) is 88.5 cm³/mol. The van der Waals surface area contributed by atoms with Crippen molar-refractivity contribution in [2.45, 2.75) is 16.7 Å². The van der Waals surface area contributed by atoms with E-state index in [1.807, 2.05) is 0 Å². The van der Waals surface area contributed by atoms with Gasteiger partial charge in [0.25, 0.3) is 10.0 Å². The zero-order valence-electron chi connectivity index (χ0n) is 13.2. The quantitative estimate of drug-likeness (QED) is 0.746. The van der Waals surface area contributed by atoms with Gasteiger partial charge in [0.05, 0.1) is 17.7 Å². The van der Waals surface area contributed by atoms with Crippen molar-refractivity contribution < 1.29 is 30.8 Å². The number of esters is 1. The molecule has 1 aromatic heterocycles. The topological polar surface area (TPSA) is 119 Å². The van der Waals surface area contributed by atoms with E-state index in [2.05, 4.69) is 14.4 Å². The molecule has 1 N–H and O–H groups in total. The van der Waals surface area contributed by atoms with Crippen LogP contribution in [0.3, 0.4) is 0 Å². The number of halogens is 1. The number of hydrogen-bond acceptors (Lipinski definition) is 8. The number of sulfonamides is 1. The lowest BCUT2D eigenvalue weighted by Gasteiger charge is -2.07. The van der Waals surface area contributed by atoms with Crippen LogP contribution in [0.15, 0.2) is 28.0 Å². The van der Waals surface area contributed by atoms with Crippen molar-refractivity contribution in [1.29, 1.82) is 0 Å². The van der Waals surface area contributed by atoms with Gasteiger partial charge in [-0.15, -0.1) is 0 Å². The van der Waals surface area contributed by atoms with Gasteiger partial charge in [-0.2, -0.15) is 0 Å². The molecule has 0 aliphatic rings. The SMILES string of the molecule is COC(=O)c1sc(NS(=O)(=O)c2ccc(S(C)(=O)=O)c(F)c2)nc1C. The Morgan fingerprint density at radius 3 is 2.44 bits per heavy atom. The van der Waals surface area contributed by atoms with Crippen LogP contribution in [0, 0.1) is 12.7 Å². The van der Waals surface area contributed by atoms with Crippen molar-refractivity contribution in [3.8, 4) is 0 Å². The van der Waals surface area contributed by atoms with Gasteiger partial charge >= 0.3 is 5.97 Å². The van der Waals surface area contributed by atoms with Crippen LogP contribution in [0.2, 0.25) is 0 Å². The van der Waals surface area contributed by atoms with E-state index in [1.165, 1.54) is 14.0 Å². The van der Waals surface area contributed by atoms with Gasteiger partial charge in [-0.1, -0.05) is 11.3 Å². The van der Waals surface area contributed by atoms with E-state index in [4.69, 9.17) is 0 Å². The summed E-state index contributed by atoms with van der Waals surface area (Å²) in [6.07, 6.45) is 0.810. The number of hydrogen-bond donors (Lipinski definition) is 1. The van der Waals surface area contributed by atoms with E-state index >= 15 is 0 Å². The largest absolute Gasteiger partial charge is 0.465 e. The summed E-state index contributed by atoms with van der Waals surface area (Å²) in [5.74, 6) is -1.85. The Morgan fingerprint density at radius 1 is 1.28 bits per heavy atom. The minimum atomic E-state index is -4.22. The number of anilines is 1. The van der Waals surface area contributed by atoms with Gasteiger partial charge in [0, 0.05) is 6.26 Å². The van der Waals surface area contributed by atoms with Crippen molar-refractivity contribution >= 4 is 42.3 Å². The maximum atomic E-state index is 13.9. The number of carbonyl (C=O) groups excluding carboxylic acids is 1. The van der Waals surface area contributed by atoms with E-state index in [0.29, 0.717) is 6.07 Å². The summed E-state index contributed by atoms with van der Waals surface area (Å²) in [7, 11) is -6.87. The fourth-order valence-electron chi connectivity index (χ4n) is 1.85. The first-order chi connectivity index (χ1) is 11.5. The molecule has 0 aliphatic heterocycles. The lowest BCUT2D eigenvalue weighted by molar-refractivity contribution is 0.0605. The predicted octanol–water partition coefficient (Wildman–Crippen LogP) is 1.58. The molecule has 1 heterocycles. The molecule has 8 nitrogen and oxygen atoms in total. The molecule has 136 valence electrons. The molecule has 0 unspecified atom stereocenters. The number of carbonyl (C=O) groups is 1. The van der Waals surface area contributed by atoms with Crippen LogP contribution in [0.5, 0.6) is 0 Å². The normalized spacial score (nSPS) is 12.0. The number of sulfone groups is 1. The first-order valence-corrected chi connectivity index (χ1v) is 10.7. The van der Waals surface area contributed by atoms with Gasteiger partial charge in [-0.3, -0.25) is 4.72 Å². The second-order valence-electron chi connectivity index (χ2n) is 4.90. The van der Waals surface area contributed by atoms with E-state index in [-0.39, 0.29) is 15.7 Å². The smallest absolute Gasteiger partial charge is 0.350 e. The third-order valence-corrected chi connectivity index (χ3v) is 6.65. The number of ether oxygens (including phenoxy) is 1. The minimum Gasteiger partial charge on any atom is -0.465 e. The van der Waals surface area contributed by atoms with Crippen molar-refractivity contribution in [3.63, 3.8) is 0 Å². The van der Waals surface area contributed by atoms with Crippen LogP contribution >= 0.6 is 11.3 Å². The third-order valence-electron chi connectivity index (χ3n) is 3.00. The number of aryl methyl sites for hydroxylation is 1. The van der Waals surface area contributed by atoms with Crippen molar-refractivity contribution in [1.82, 2.24) is 4.98 Å². The number of nitrogens with one attached hydrogen (secondary N) is 1. The summed E-state index contributed by atoms with van der Waals surface area (Å²) in [6.45, 7) is 1.50. The summed E-state index contributed by atoms with van der Waals surface area (Å²) < 4.78 is 67.9. The maximum absolute atomic E-state index is 13.9. The van der Waals surface area contributed by atoms with Crippen molar-refractivity contribution in [2.24, 2.45) is 0 Å². The van der Waals surface area contributed by atoms with Gasteiger partial charge in [-0.25, -0.2) is 31.0 Å². The van der Waals surface area contributed by atoms with Gasteiger partial charge in [0.2, 0.25) is 0 Å². The molecule has 0 spiro atoms. The van der Waals surface area contributed by atoms with Gasteiger partial charge in [-0.05, 0) is 25.1 Å². The van der Waals surface area contributed by atoms with E-state index in [1.54, 1.807) is 0 Å². The highest BCUT2D eigenvalue weighted by Crippen LogP contribution is 2.26. The Bertz CT molecular complexity index is 1040. The summed E-state index contributed by atoms with van der Waals surface area (Å²) in [5.41, 5.74) is 0.271. The fraction of sp³-hybridized carbons (Fsp3) is 0.231. The Hall–Kier alpha value is -2.05. The molecular weight excluding hydrogens is 395 g/mol. The Balaban J connectivity index is 2.37. The molecule has 0 bridgehead atoms. The van der Waals surface area contributed by atoms with Crippen LogP contribution in [0.1, 0.15) is 15.4 Å². The summed E-state index contributed by atoms with van der Waals surface area (Å²) in [6, 6.07) is 2.43. The molecule has 0 amide bonds. The second-order valence-corrected chi connectivity index (χ2v) is 9.56. The molecule has 0 saturated carbocycles. The zero-order valence-corrected chi connectivity index (χ0v) is 15.7. The highest BCUT2D eigenvalue weighted by molar-refractivity contribution is 7.93. The maximum Gasteiger partial charge on any atom is 0.350 e. The van der Waals surface area contributed by atoms with Crippen LogP contribution in [0.4, 0.5) is 9.52 Å². The van der Waals surface area contributed by atoms with Crippen LogP contribution < -0.4 is 4.72 Å². The molecule has 2 rings (SSSR count). The number of benzene rings is 1. The average molecular weight is 408 g/mol. The summed E-state index contributed by atoms with van der Waals surface area (Å²) in [4.78, 5) is 14.5. The summed E-state index contributed by atoms with van der Waals surface area (Å²) in [5, 5.41) is -0.106. The van der Waals surface area contributed by atoms with Crippen molar-refractivity contribution in [2.75, 3.05) is 18.1 Å². The Morgan fingerprint density at radius 2 is 1.92 bits per heavy atom. The van der Waals surface area contributed by atoms with Crippen molar-refractivity contribution in [3.05, 3.63) is 34.6 Å². The van der Waals surface area contributed by atoms with E-state index < -0.39 is 41.4 Å². The molecule has 25 heavy (non-hydrogen) atoms.